The summed E-state index contributed by atoms with van der Waals surface area (Å²) in [6.45, 7) is 0. The highest BCUT2D eigenvalue weighted by Gasteiger charge is 2.07. The lowest BCUT2D eigenvalue weighted by atomic mass is 10.1. The third-order valence-electron chi connectivity index (χ3n) is 3.85. The van der Waals surface area contributed by atoms with E-state index in [4.69, 9.17) is 23.2 Å². The number of rotatable bonds is 5. The van der Waals surface area contributed by atoms with E-state index in [1.165, 1.54) is 6.08 Å². The molecule has 134 valence electrons. The minimum absolute atomic E-state index is 0.148. The van der Waals surface area contributed by atoms with E-state index in [9.17, 15) is 9.59 Å². The lowest BCUT2D eigenvalue weighted by molar-refractivity contribution is 0.102. The van der Waals surface area contributed by atoms with Crippen molar-refractivity contribution in [1.29, 1.82) is 0 Å². The highest BCUT2D eigenvalue weighted by molar-refractivity contribution is 6.32. The summed E-state index contributed by atoms with van der Waals surface area (Å²) in [5.74, 6) is -0.394. The van der Waals surface area contributed by atoms with E-state index in [1.807, 2.05) is 18.2 Å². The van der Waals surface area contributed by atoms with Crippen molar-refractivity contribution in [3.05, 3.63) is 106 Å². The van der Waals surface area contributed by atoms with Crippen LogP contribution in [-0.2, 0) is 0 Å². The van der Waals surface area contributed by atoms with Crippen LogP contribution in [-0.4, -0.2) is 11.7 Å². The van der Waals surface area contributed by atoms with Gasteiger partial charge in [-0.25, -0.2) is 0 Å². The summed E-state index contributed by atoms with van der Waals surface area (Å²) in [5.41, 5.74) is 2.39. The Kier molecular flexibility index (Phi) is 6.07. The predicted octanol–water partition coefficient (Wildman–Crippen LogP) is 6.14. The molecule has 0 aliphatic heterocycles. The fourth-order valence-electron chi connectivity index (χ4n) is 2.39. The number of allylic oxidation sites excluding steroid dienone is 1. The second-order valence-corrected chi connectivity index (χ2v) is 6.60. The molecule has 1 amide bonds. The Labute approximate surface area is 167 Å². The molecule has 0 saturated carbocycles. The molecule has 0 saturated heterocycles. The zero-order chi connectivity index (χ0) is 19.2. The van der Waals surface area contributed by atoms with Gasteiger partial charge in [0.25, 0.3) is 5.91 Å². The first-order valence-corrected chi connectivity index (χ1v) is 8.92. The summed E-state index contributed by atoms with van der Waals surface area (Å²) in [4.78, 5) is 24.5. The number of hydrogen-bond acceptors (Lipinski definition) is 2. The van der Waals surface area contributed by atoms with Gasteiger partial charge >= 0.3 is 0 Å². The molecule has 3 nitrogen and oxygen atoms in total. The van der Waals surface area contributed by atoms with Crippen LogP contribution in [0.25, 0.3) is 6.08 Å². The molecule has 3 aromatic rings. The molecule has 0 aromatic heterocycles. The van der Waals surface area contributed by atoms with Crippen LogP contribution in [0, 0.1) is 0 Å². The van der Waals surface area contributed by atoms with Crippen LogP contribution in [0.5, 0.6) is 0 Å². The van der Waals surface area contributed by atoms with Crippen molar-refractivity contribution in [3.63, 3.8) is 0 Å². The summed E-state index contributed by atoms with van der Waals surface area (Å²) in [5, 5.41) is 3.93. The number of nitrogens with one attached hydrogen (secondary N) is 1. The van der Waals surface area contributed by atoms with Crippen LogP contribution >= 0.6 is 23.2 Å². The summed E-state index contributed by atoms with van der Waals surface area (Å²) < 4.78 is 0. The molecule has 0 radical (unpaired) electrons. The van der Waals surface area contributed by atoms with Gasteiger partial charge in [-0.15, -0.1) is 0 Å². The third kappa shape index (κ3) is 5.07. The Morgan fingerprint density at radius 3 is 2.07 bits per heavy atom. The molecular formula is C22H15Cl2NO2. The molecule has 3 rings (SSSR count). The lowest BCUT2D eigenvalue weighted by Crippen LogP contribution is -2.11. The van der Waals surface area contributed by atoms with Gasteiger partial charge < -0.3 is 5.32 Å². The first kappa shape index (κ1) is 18.9. The van der Waals surface area contributed by atoms with E-state index in [-0.39, 0.29) is 11.7 Å². The van der Waals surface area contributed by atoms with Crippen LogP contribution < -0.4 is 5.32 Å². The fraction of sp³-hybridized carbons (Fsp3) is 0. The first-order chi connectivity index (χ1) is 13.0. The molecule has 0 spiro atoms. The van der Waals surface area contributed by atoms with Crippen molar-refractivity contribution in [3.8, 4) is 0 Å². The molecule has 0 aliphatic carbocycles. The molecule has 0 atom stereocenters. The number of anilines is 1. The maximum absolute atomic E-state index is 12.3. The first-order valence-electron chi connectivity index (χ1n) is 8.17. The molecule has 0 aliphatic rings. The van der Waals surface area contributed by atoms with Crippen molar-refractivity contribution >= 4 is 46.7 Å². The summed E-state index contributed by atoms with van der Waals surface area (Å²) in [6, 6.07) is 20.6. The van der Waals surface area contributed by atoms with Crippen molar-refractivity contribution < 1.29 is 9.59 Å². The Balaban J connectivity index is 1.66. The Morgan fingerprint density at radius 1 is 0.778 bits per heavy atom. The number of carbonyl (C=O) groups excluding carboxylic acids is 2. The topological polar surface area (TPSA) is 46.2 Å². The largest absolute Gasteiger partial charge is 0.322 e. The summed E-state index contributed by atoms with van der Waals surface area (Å²) in [6.07, 6.45) is 3.16. The van der Waals surface area contributed by atoms with E-state index in [2.05, 4.69) is 5.32 Å². The van der Waals surface area contributed by atoms with Crippen molar-refractivity contribution in [2.75, 3.05) is 5.32 Å². The third-order valence-corrected chi connectivity index (χ3v) is 4.45. The lowest BCUT2D eigenvalue weighted by Gasteiger charge is -2.06. The van der Waals surface area contributed by atoms with Gasteiger partial charge in [-0.1, -0.05) is 41.4 Å². The van der Waals surface area contributed by atoms with Crippen molar-refractivity contribution in [2.24, 2.45) is 0 Å². The van der Waals surface area contributed by atoms with E-state index >= 15 is 0 Å². The molecule has 3 aromatic carbocycles. The van der Waals surface area contributed by atoms with Gasteiger partial charge in [-0.05, 0) is 72.3 Å². The average Bonchev–Trinajstić information content (AvgIpc) is 2.68. The van der Waals surface area contributed by atoms with Crippen molar-refractivity contribution in [1.82, 2.24) is 0 Å². The predicted molar refractivity (Wildman–Crippen MR) is 111 cm³/mol. The maximum atomic E-state index is 12.3. The number of halogens is 2. The fourth-order valence-corrected chi connectivity index (χ4v) is 2.72. The highest BCUT2D eigenvalue weighted by Crippen LogP contribution is 2.18. The molecule has 0 fully saturated rings. The molecule has 0 bridgehead atoms. The second kappa shape index (κ2) is 8.67. The smallest absolute Gasteiger partial charge is 0.255 e. The van der Waals surface area contributed by atoms with Gasteiger partial charge in [0, 0.05) is 26.9 Å². The maximum Gasteiger partial charge on any atom is 0.255 e. The average molecular weight is 396 g/mol. The summed E-state index contributed by atoms with van der Waals surface area (Å²) in [7, 11) is 0. The van der Waals surface area contributed by atoms with Gasteiger partial charge in [0.2, 0.25) is 0 Å². The van der Waals surface area contributed by atoms with E-state index in [0.29, 0.717) is 26.9 Å². The Hall–Kier alpha value is -2.88. The second-order valence-electron chi connectivity index (χ2n) is 5.76. The normalized spacial score (nSPS) is 10.7. The van der Waals surface area contributed by atoms with Crippen LogP contribution in [0.1, 0.15) is 26.3 Å². The minimum Gasteiger partial charge on any atom is -0.322 e. The van der Waals surface area contributed by atoms with E-state index in [0.717, 1.165) is 5.56 Å². The van der Waals surface area contributed by atoms with Gasteiger partial charge in [-0.2, -0.15) is 0 Å². The Bertz CT molecular complexity index is 994. The van der Waals surface area contributed by atoms with Gasteiger partial charge in [0.05, 0.1) is 0 Å². The molecule has 27 heavy (non-hydrogen) atoms. The number of carbonyl (C=O) groups is 2. The number of benzene rings is 3. The standard InChI is InChI=1S/C22H15Cl2NO2/c23-18-10-5-17(6-11-18)22(27)25-19-12-7-16(8-13-19)21(26)14-9-15-3-1-2-4-20(15)24/h1-14H,(H,25,27). The minimum atomic E-state index is -0.246. The van der Waals surface area contributed by atoms with E-state index in [1.54, 1.807) is 60.7 Å². The number of hydrogen-bond donors (Lipinski definition) is 1. The van der Waals surface area contributed by atoms with Gasteiger partial charge in [0.15, 0.2) is 5.78 Å². The molecule has 0 unspecified atom stereocenters. The number of ketones is 1. The zero-order valence-electron chi connectivity index (χ0n) is 14.2. The van der Waals surface area contributed by atoms with Crippen LogP contribution in [0.2, 0.25) is 10.0 Å². The van der Waals surface area contributed by atoms with Crippen molar-refractivity contribution in [2.45, 2.75) is 0 Å². The van der Waals surface area contributed by atoms with Crippen LogP contribution in [0.4, 0.5) is 5.69 Å². The Morgan fingerprint density at radius 2 is 1.41 bits per heavy atom. The molecule has 0 heterocycles. The van der Waals surface area contributed by atoms with Gasteiger partial charge in [-0.3, -0.25) is 9.59 Å². The van der Waals surface area contributed by atoms with Crippen LogP contribution in [0.3, 0.4) is 0 Å². The SMILES string of the molecule is O=C(C=Cc1ccccc1Cl)c1ccc(NC(=O)c2ccc(Cl)cc2)cc1. The highest BCUT2D eigenvalue weighted by atomic mass is 35.5. The number of amides is 1. The zero-order valence-corrected chi connectivity index (χ0v) is 15.7. The molecular weight excluding hydrogens is 381 g/mol. The molecule has 1 N–H and O–H groups in total. The van der Waals surface area contributed by atoms with Crippen LogP contribution in [0.15, 0.2) is 78.9 Å². The van der Waals surface area contributed by atoms with E-state index < -0.39 is 0 Å². The van der Waals surface area contributed by atoms with Gasteiger partial charge in [0.1, 0.15) is 0 Å². The molecule has 5 heteroatoms. The monoisotopic (exact) mass is 395 g/mol. The quantitative estimate of drug-likeness (QED) is 0.416. The summed E-state index contributed by atoms with van der Waals surface area (Å²) >= 11 is 11.9.